The van der Waals surface area contributed by atoms with Crippen molar-refractivity contribution in [2.45, 2.75) is 19.4 Å². The normalized spacial score (nSPS) is 14.5. The fraction of sp³-hybridized carbons (Fsp3) is 0.227. The molecule has 5 heteroatoms. The Bertz CT molecular complexity index is 1120. The third kappa shape index (κ3) is 2.85. The molecule has 4 rings (SSSR count). The third-order valence-corrected chi connectivity index (χ3v) is 4.58. The summed E-state index contributed by atoms with van der Waals surface area (Å²) in [7, 11) is 3.11. The summed E-state index contributed by atoms with van der Waals surface area (Å²) < 4.78 is 23.1. The molecule has 0 aliphatic carbocycles. The number of hydrogen-bond donors (Lipinski definition) is 0. The van der Waals surface area contributed by atoms with Crippen LogP contribution in [0.5, 0.6) is 17.2 Å². The van der Waals surface area contributed by atoms with Crippen LogP contribution in [0.4, 0.5) is 0 Å². The molecule has 0 atom stereocenters. The summed E-state index contributed by atoms with van der Waals surface area (Å²) >= 11 is 0. The van der Waals surface area contributed by atoms with Crippen LogP contribution in [0, 0.1) is 0 Å². The number of ether oxygens (including phenoxy) is 3. The van der Waals surface area contributed by atoms with Gasteiger partial charge in [-0.15, -0.1) is 0 Å². The number of hydrogen-bond acceptors (Lipinski definition) is 5. The summed E-state index contributed by atoms with van der Waals surface area (Å²) in [6.07, 6.45) is 3.87. The van der Waals surface area contributed by atoms with Crippen LogP contribution >= 0.6 is 0 Å². The predicted molar refractivity (Wildman–Crippen MR) is 105 cm³/mol. The van der Waals surface area contributed by atoms with E-state index in [1.54, 1.807) is 13.2 Å². The molecule has 2 heterocycles. The summed E-state index contributed by atoms with van der Waals surface area (Å²) in [5, 5.41) is 0.392. The van der Waals surface area contributed by atoms with Crippen molar-refractivity contribution in [2.75, 3.05) is 14.2 Å². The maximum Gasteiger partial charge on any atom is 0.197 e. The molecule has 0 amide bonds. The van der Waals surface area contributed by atoms with Crippen molar-refractivity contribution in [3.8, 4) is 28.6 Å². The van der Waals surface area contributed by atoms with Gasteiger partial charge in [0.25, 0.3) is 0 Å². The molecule has 0 saturated carbocycles. The van der Waals surface area contributed by atoms with E-state index in [1.165, 1.54) is 13.2 Å². The Hall–Kier alpha value is -3.21. The maximum absolute atomic E-state index is 12.9. The van der Waals surface area contributed by atoms with Gasteiger partial charge in [-0.2, -0.15) is 0 Å². The Morgan fingerprint density at radius 1 is 1.00 bits per heavy atom. The zero-order valence-electron chi connectivity index (χ0n) is 15.7. The minimum atomic E-state index is -0.452. The molecule has 2 aromatic carbocycles. The standard InChI is InChI=1S/C22H20O5/c1-22(2)10-9-14-18(27-22)12-19(25-4)20-15(23)11-17(26-21(14)20)13-7-5-6-8-16(13)24-3/h5-12H,1-4H3. The minimum Gasteiger partial charge on any atom is -0.496 e. The highest BCUT2D eigenvalue weighted by atomic mass is 16.5. The minimum absolute atomic E-state index is 0.185. The Balaban J connectivity index is 2.06. The first-order valence-electron chi connectivity index (χ1n) is 8.64. The molecule has 3 aromatic rings. The summed E-state index contributed by atoms with van der Waals surface area (Å²) in [5.74, 6) is 2.10. The molecule has 1 aromatic heterocycles. The van der Waals surface area contributed by atoms with Gasteiger partial charge >= 0.3 is 0 Å². The van der Waals surface area contributed by atoms with Gasteiger partial charge in [0.15, 0.2) is 11.0 Å². The number of benzene rings is 2. The average molecular weight is 364 g/mol. The summed E-state index contributed by atoms with van der Waals surface area (Å²) in [5.41, 5.74) is 1.22. The van der Waals surface area contributed by atoms with E-state index in [2.05, 4.69) is 0 Å². The second-order valence-corrected chi connectivity index (χ2v) is 6.91. The van der Waals surface area contributed by atoms with Crippen LogP contribution in [0.1, 0.15) is 19.4 Å². The number of fused-ring (bicyclic) bond motifs is 3. The lowest BCUT2D eigenvalue weighted by Crippen LogP contribution is -2.27. The SMILES string of the molecule is COc1ccccc1-c1cc(=O)c2c(OC)cc3c(c2o1)C=CC(C)(C)O3. The summed E-state index contributed by atoms with van der Waals surface area (Å²) in [6, 6.07) is 10.6. The van der Waals surface area contributed by atoms with Crippen LogP contribution in [0.3, 0.4) is 0 Å². The van der Waals surface area contributed by atoms with E-state index in [0.29, 0.717) is 39.5 Å². The van der Waals surface area contributed by atoms with Gasteiger partial charge in [-0.05, 0) is 38.1 Å². The Labute approximate surface area is 156 Å². The first-order chi connectivity index (χ1) is 12.9. The zero-order valence-corrected chi connectivity index (χ0v) is 15.7. The Morgan fingerprint density at radius 2 is 1.74 bits per heavy atom. The van der Waals surface area contributed by atoms with E-state index in [1.807, 2.05) is 50.3 Å². The third-order valence-electron chi connectivity index (χ3n) is 4.58. The van der Waals surface area contributed by atoms with Crippen LogP contribution in [-0.2, 0) is 0 Å². The fourth-order valence-electron chi connectivity index (χ4n) is 3.28. The highest BCUT2D eigenvalue weighted by Crippen LogP contribution is 2.41. The molecule has 0 radical (unpaired) electrons. The van der Waals surface area contributed by atoms with Gasteiger partial charge in [-0.1, -0.05) is 12.1 Å². The molecular weight excluding hydrogens is 344 g/mol. The van der Waals surface area contributed by atoms with Crippen LogP contribution in [0.25, 0.3) is 28.4 Å². The van der Waals surface area contributed by atoms with Crippen LogP contribution < -0.4 is 19.6 Å². The van der Waals surface area contributed by atoms with Crippen LogP contribution in [0.2, 0.25) is 0 Å². The second kappa shape index (κ2) is 6.20. The molecular formula is C22H20O5. The van der Waals surface area contributed by atoms with E-state index in [0.717, 1.165) is 5.56 Å². The molecule has 1 aliphatic rings. The van der Waals surface area contributed by atoms with Gasteiger partial charge in [-0.25, -0.2) is 0 Å². The number of methoxy groups -OCH3 is 2. The van der Waals surface area contributed by atoms with Crippen molar-refractivity contribution in [3.63, 3.8) is 0 Å². The van der Waals surface area contributed by atoms with Crippen molar-refractivity contribution in [1.82, 2.24) is 0 Å². The summed E-state index contributed by atoms with van der Waals surface area (Å²) in [6.45, 7) is 3.93. The van der Waals surface area contributed by atoms with Gasteiger partial charge in [-0.3, -0.25) is 4.79 Å². The van der Waals surface area contributed by atoms with Gasteiger partial charge in [0.05, 0.1) is 25.3 Å². The Morgan fingerprint density at radius 3 is 2.48 bits per heavy atom. The van der Waals surface area contributed by atoms with Gasteiger partial charge in [0.1, 0.15) is 34.0 Å². The second-order valence-electron chi connectivity index (χ2n) is 6.91. The number of rotatable bonds is 3. The molecule has 0 unspecified atom stereocenters. The highest BCUT2D eigenvalue weighted by Gasteiger charge is 2.27. The van der Waals surface area contributed by atoms with Crippen molar-refractivity contribution in [2.24, 2.45) is 0 Å². The predicted octanol–water partition coefficient (Wildman–Crippen LogP) is 4.66. The van der Waals surface area contributed by atoms with E-state index in [4.69, 9.17) is 18.6 Å². The Kier molecular flexibility index (Phi) is 3.95. The first-order valence-corrected chi connectivity index (χ1v) is 8.64. The van der Waals surface area contributed by atoms with E-state index >= 15 is 0 Å². The van der Waals surface area contributed by atoms with E-state index in [-0.39, 0.29) is 5.43 Å². The zero-order chi connectivity index (χ0) is 19.2. The molecule has 0 bridgehead atoms. The highest BCUT2D eigenvalue weighted by molar-refractivity contribution is 5.94. The quantitative estimate of drug-likeness (QED) is 0.676. The lowest BCUT2D eigenvalue weighted by Gasteiger charge is -2.28. The average Bonchev–Trinajstić information content (AvgIpc) is 2.65. The summed E-state index contributed by atoms with van der Waals surface area (Å²) in [4.78, 5) is 12.9. The maximum atomic E-state index is 12.9. The smallest absolute Gasteiger partial charge is 0.197 e. The first kappa shape index (κ1) is 17.2. The van der Waals surface area contributed by atoms with Gasteiger partial charge in [0, 0.05) is 12.1 Å². The van der Waals surface area contributed by atoms with Crippen molar-refractivity contribution in [3.05, 3.63) is 58.3 Å². The van der Waals surface area contributed by atoms with E-state index < -0.39 is 5.60 Å². The molecule has 0 fully saturated rings. The van der Waals surface area contributed by atoms with E-state index in [9.17, 15) is 4.79 Å². The van der Waals surface area contributed by atoms with Crippen LogP contribution in [-0.4, -0.2) is 19.8 Å². The fourth-order valence-corrected chi connectivity index (χ4v) is 3.28. The molecule has 0 spiro atoms. The van der Waals surface area contributed by atoms with Gasteiger partial charge < -0.3 is 18.6 Å². The van der Waals surface area contributed by atoms with Crippen molar-refractivity contribution in [1.29, 1.82) is 0 Å². The molecule has 27 heavy (non-hydrogen) atoms. The van der Waals surface area contributed by atoms with Crippen molar-refractivity contribution < 1.29 is 18.6 Å². The lowest BCUT2D eigenvalue weighted by molar-refractivity contribution is 0.158. The monoisotopic (exact) mass is 364 g/mol. The van der Waals surface area contributed by atoms with Gasteiger partial charge in [0.2, 0.25) is 0 Å². The molecule has 5 nitrogen and oxygen atoms in total. The molecule has 1 aliphatic heterocycles. The largest absolute Gasteiger partial charge is 0.496 e. The molecule has 0 saturated heterocycles. The van der Waals surface area contributed by atoms with Crippen molar-refractivity contribution >= 4 is 17.0 Å². The lowest BCUT2D eigenvalue weighted by atomic mass is 9.99. The molecule has 0 N–H and O–H groups in total. The van der Waals surface area contributed by atoms with Crippen LogP contribution in [0.15, 0.2) is 51.7 Å². The number of para-hydroxylation sites is 1. The topological polar surface area (TPSA) is 57.9 Å². The molecule has 138 valence electrons.